The summed E-state index contributed by atoms with van der Waals surface area (Å²) in [7, 11) is 0. The molecule has 0 saturated heterocycles. The number of nitrogens with one attached hydrogen (secondary N) is 1. The van der Waals surface area contributed by atoms with Gasteiger partial charge in [0, 0.05) is 10.5 Å². The van der Waals surface area contributed by atoms with Crippen molar-refractivity contribution in [3.8, 4) is 0 Å². The highest BCUT2D eigenvalue weighted by Crippen LogP contribution is 2.33. The number of halogens is 4. The van der Waals surface area contributed by atoms with E-state index in [-0.39, 0.29) is 17.7 Å². The van der Waals surface area contributed by atoms with Crippen molar-refractivity contribution in [2.75, 3.05) is 5.32 Å². The van der Waals surface area contributed by atoms with Crippen molar-refractivity contribution in [3.63, 3.8) is 0 Å². The van der Waals surface area contributed by atoms with Crippen LogP contribution in [0.5, 0.6) is 0 Å². The Hall–Kier alpha value is -1.24. The van der Waals surface area contributed by atoms with Gasteiger partial charge in [0.2, 0.25) is 0 Å². The summed E-state index contributed by atoms with van der Waals surface area (Å²) in [6, 6.07) is 3.24. The quantitative estimate of drug-likeness (QED) is 0.645. The Morgan fingerprint density at radius 1 is 1.39 bits per heavy atom. The Morgan fingerprint density at radius 2 is 2.00 bits per heavy atom. The zero-order valence-electron chi connectivity index (χ0n) is 9.85. The Kier molecular flexibility index (Phi) is 4.61. The van der Waals surface area contributed by atoms with E-state index < -0.39 is 11.7 Å². The van der Waals surface area contributed by atoms with Gasteiger partial charge in [0.25, 0.3) is 0 Å². The number of rotatable bonds is 2. The number of nitrogens with zero attached hydrogens (tertiary/aromatic N) is 1. The van der Waals surface area contributed by atoms with Gasteiger partial charge in [0.15, 0.2) is 5.96 Å². The average Bonchev–Trinajstić information content (AvgIpc) is 2.18. The topological polar surface area (TPSA) is 50.4 Å². The van der Waals surface area contributed by atoms with Gasteiger partial charge in [0.1, 0.15) is 0 Å². The van der Waals surface area contributed by atoms with E-state index in [2.05, 4.69) is 26.2 Å². The highest BCUT2D eigenvalue weighted by atomic mass is 79.9. The van der Waals surface area contributed by atoms with Crippen LogP contribution in [-0.2, 0) is 6.18 Å². The third-order valence-electron chi connectivity index (χ3n) is 1.95. The molecule has 0 aliphatic carbocycles. The lowest BCUT2D eigenvalue weighted by Crippen LogP contribution is -2.24. The lowest BCUT2D eigenvalue weighted by molar-refractivity contribution is -0.137. The molecule has 0 aliphatic heterocycles. The Labute approximate surface area is 111 Å². The predicted octanol–water partition coefficient (Wildman–Crippen LogP) is 3.60. The van der Waals surface area contributed by atoms with E-state index in [9.17, 15) is 13.2 Å². The van der Waals surface area contributed by atoms with Gasteiger partial charge in [-0.3, -0.25) is 4.99 Å². The third-order valence-corrected chi connectivity index (χ3v) is 2.65. The standard InChI is InChI=1S/C11H13BrF3N3/c1-6(2)17-10(16)18-9-5-7(11(13,14)15)3-4-8(9)12/h3-6H,1-2H3,(H3,16,17,18). The summed E-state index contributed by atoms with van der Waals surface area (Å²) in [4.78, 5) is 3.99. The monoisotopic (exact) mass is 323 g/mol. The summed E-state index contributed by atoms with van der Waals surface area (Å²) in [5.74, 6) is 0.0741. The summed E-state index contributed by atoms with van der Waals surface area (Å²) >= 11 is 3.15. The SMILES string of the molecule is CC(C)N=C(N)Nc1cc(C(F)(F)F)ccc1Br. The predicted molar refractivity (Wildman–Crippen MR) is 69.5 cm³/mol. The minimum absolute atomic E-state index is 0.0397. The van der Waals surface area contributed by atoms with Crippen LogP contribution in [-0.4, -0.2) is 12.0 Å². The largest absolute Gasteiger partial charge is 0.416 e. The van der Waals surface area contributed by atoms with Crippen molar-refractivity contribution in [2.24, 2.45) is 10.7 Å². The summed E-state index contributed by atoms with van der Waals surface area (Å²) in [5.41, 5.74) is 5.06. The molecule has 0 fully saturated rings. The molecule has 0 amide bonds. The first-order valence-corrected chi connectivity index (χ1v) is 5.96. The molecule has 0 spiro atoms. The van der Waals surface area contributed by atoms with Gasteiger partial charge in [-0.2, -0.15) is 13.2 Å². The van der Waals surface area contributed by atoms with E-state index in [1.165, 1.54) is 6.07 Å². The molecule has 1 rings (SSSR count). The van der Waals surface area contributed by atoms with Crippen LogP contribution < -0.4 is 11.1 Å². The van der Waals surface area contributed by atoms with Gasteiger partial charge in [-0.25, -0.2) is 0 Å². The number of alkyl halides is 3. The third kappa shape index (κ3) is 4.21. The zero-order valence-corrected chi connectivity index (χ0v) is 11.4. The molecule has 0 radical (unpaired) electrons. The minimum atomic E-state index is -4.39. The van der Waals surface area contributed by atoms with Crippen LogP contribution >= 0.6 is 15.9 Å². The Balaban J connectivity index is 3.02. The van der Waals surface area contributed by atoms with Crippen LogP contribution in [0.4, 0.5) is 18.9 Å². The first-order chi connectivity index (χ1) is 8.20. The van der Waals surface area contributed by atoms with Gasteiger partial charge in [-0.05, 0) is 48.0 Å². The second kappa shape index (κ2) is 5.60. The van der Waals surface area contributed by atoms with Crippen molar-refractivity contribution in [1.82, 2.24) is 0 Å². The normalized spacial score (nSPS) is 12.9. The lowest BCUT2D eigenvalue weighted by atomic mass is 10.2. The number of anilines is 1. The Bertz CT molecular complexity index is 455. The molecule has 100 valence electrons. The summed E-state index contributed by atoms with van der Waals surface area (Å²) in [6.45, 7) is 3.63. The molecule has 0 aliphatic rings. The fourth-order valence-electron chi connectivity index (χ4n) is 1.25. The molecule has 0 heterocycles. The molecule has 0 aromatic heterocycles. The molecule has 0 saturated carbocycles. The van der Waals surface area contributed by atoms with Crippen molar-refractivity contribution in [3.05, 3.63) is 28.2 Å². The molecule has 3 N–H and O–H groups in total. The van der Waals surface area contributed by atoms with Crippen LogP contribution in [0, 0.1) is 0 Å². The maximum Gasteiger partial charge on any atom is 0.416 e. The molecule has 18 heavy (non-hydrogen) atoms. The smallest absolute Gasteiger partial charge is 0.370 e. The number of aliphatic imine (C=N–C) groups is 1. The van der Waals surface area contributed by atoms with E-state index >= 15 is 0 Å². The number of nitrogens with two attached hydrogens (primary N) is 1. The van der Waals surface area contributed by atoms with E-state index in [0.717, 1.165) is 12.1 Å². The molecule has 0 atom stereocenters. The minimum Gasteiger partial charge on any atom is -0.370 e. The Morgan fingerprint density at radius 3 is 2.50 bits per heavy atom. The van der Waals surface area contributed by atoms with Crippen LogP contribution in [0.15, 0.2) is 27.7 Å². The molecular weight excluding hydrogens is 311 g/mol. The van der Waals surface area contributed by atoms with E-state index in [1.54, 1.807) is 0 Å². The van der Waals surface area contributed by atoms with Gasteiger partial charge in [-0.1, -0.05) is 0 Å². The van der Waals surface area contributed by atoms with Crippen molar-refractivity contribution in [2.45, 2.75) is 26.1 Å². The van der Waals surface area contributed by atoms with Gasteiger partial charge in [0.05, 0.1) is 11.3 Å². The van der Waals surface area contributed by atoms with E-state index in [0.29, 0.717) is 4.47 Å². The first kappa shape index (κ1) is 14.8. The highest BCUT2D eigenvalue weighted by Gasteiger charge is 2.30. The van der Waals surface area contributed by atoms with Gasteiger partial charge < -0.3 is 11.1 Å². The summed E-state index contributed by atoms with van der Waals surface area (Å²) in [6.07, 6.45) is -4.39. The summed E-state index contributed by atoms with van der Waals surface area (Å²) in [5, 5.41) is 2.63. The van der Waals surface area contributed by atoms with E-state index in [4.69, 9.17) is 5.73 Å². The number of benzene rings is 1. The van der Waals surface area contributed by atoms with Crippen LogP contribution in [0.25, 0.3) is 0 Å². The number of guanidine groups is 1. The summed E-state index contributed by atoms with van der Waals surface area (Å²) < 4.78 is 38.1. The van der Waals surface area contributed by atoms with Crippen LogP contribution in [0.3, 0.4) is 0 Å². The lowest BCUT2D eigenvalue weighted by Gasteiger charge is -2.12. The fraction of sp³-hybridized carbons (Fsp3) is 0.364. The molecule has 3 nitrogen and oxygen atoms in total. The molecule has 1 aromatic carbocycles. The van der Waals surface area contributed by atoms with Gasteiger partial charge in [-0.15, -0.1) is 0 Å². The number of hydrogen-bond acceptors (Lipinski definition) is 1. The average molecular weight is 324 g/mol. The zero-order chi connectivity index (χ0) is 13.9. The fourth-order valence-corrected chi connectivity index (χ4v) is 1.59. The van der Waals surface area contributed by atoms with Gasteiger partial charge >= 0.3 is 6.18 Å². The molecule has 0 unspecified atom stereocenters. The molecular formula is C11H13BrF3N3. The second-order valence-corrected chi connectivity index (χ2v) is 4.78. The number of hydrogen-bond donors (Lipinski definition) is 2. The van der Waals surface area contributed by atoms with Crippen molar-refractivity contribution < 1.29 is 13.2 Å². The van der Waals surface area contributed by atoms with Crippen LogP contribution in [0.2, 0.25) is 0 Å². The molecule has 7 heteroatoms. The maximum absolute atomic E-state index is 12.5. The first-order valence-electron chi connectivity index (χ1n) is 5.17. The maximum atomic E-state index is 12.5. The molecule has 1 aromatic rings. The van der Waals surface area contributed by atoms with Crippen LogP contribution in [0.1, 0.15) is 19.4 Å². The van der Waals surface area contributed by atoms with E-state index in [1.807, 2.05) is 13.8 Å². The van der Waals surface area contributed by atoms with Crippen molar-refractivity contribution >= 4 is 27.6 Å². The molecule has 0 bridgehead atoms. The highest BCUT2D eigenvalue weighted by molar-refractivity contribution is 9.10. The second-order valence-electron chi connectivity index (χ2n) is 3.93. The van der Waals surface area contributed by atoms with Crippen molar-refractivity contribution in [1.29, 1.82) is 0 Å².